The molecule has 0 unspecified atom stereocenters. The molecule has 2 aromatic carbocycles. The molecule has 1 fully saturated rings. The Morgan fingerprint density at radius 3 is 2.13 bits per heavy atom. The van der Waals surface area contributed by atoms with Crippen LogP contribution >= 0.6 is 0 Å². The van der Waals surface area contributed by atoms with E-state index in [0.717, 1.165) is 5.56 Å². The SMILES string of the molecule is COC(=O)c1ccc(CN(c2ccccc2)S(=O)(=O)N2C[C@@H](C)N(C)[C@@H](C)C2)cc1. The molecule has 1 aliphatic rings. The van der Waals surface area contributed by atoms with Crippen molar-refractivity contribution in [3.63, 3.8) is 0 Å². The number of carbonyl (C=O) groups is 1. The molecule has 0 N–H and O–H groups in total. The number of esters is 1. The van der Waals surface area contributed by atoms with Gasteiger partial charge < -0.3 is 4.74 Å². The van der Waals surface area contributed by atoms with E-state index in [1.54, 1.807) is 40.7 Å². The Morgan fingerprint density at radius 2 is 1.60 bits per heavy atom. The summed E-state index contributed by atoms with van der Waals surface area (Å²) in [4.78, 5) is 13.9. The van der Waals surface area contributed by atoms with Gasteiger partial charge in [-0.1, -0.05) is 30.3 Å². The molecule has 7 nitrogen and oxygen atoms in total. The molecule has 0 radical (unpaired) electrons. The summed E-state index contributed by atoms with van der Waals surface area (Å²) >= 11 is 0. The highest BCUT2D eigenvalue weighted by molar-refractivity contribution is 7.90. The van der Waals surface area contributed by atoms with Gasteiger partial charge in [0.1, 0.15) is 0 Å². The van der Waals surface area contributed by atoms with Gasteiger partial charge in [0.05, 0.1) is 24.9 Å². The van der Waals surface area contributed by atoms with Crippen molar-refractivity contribution < 1.29 is 17.9 Å². The molecule has 162 valence electrons. The number of methoxy groups -OCH3 is 1. The predicted octanol–water partition coefficient (Wildman–Crippen LogP) is 2.75. The first kappa shape index (κ1) is 22.3. The fourth-order valence-corrected chi connectivity index (χ4v) is 5.40. The standard InChI is InChI=1S/C22H29N3O4S/c1-17-14-24(15-18(2)23(17)3)30(27,28)25(21-8-6-5-7-9-21)16-19-10-12-20(13-11-19)22(26)29-4/h5-13,17-18H,14-16H2,1-4H3/t17-,18+. The molecule has 3 rings (SSSR count). The van der Waals surface area contributed by atoms with E-state index in [0.29, 0.717) is 24.3 Å². The maximum atomic E-state index is 13.7. The van der Waals surface area contributed by atoms with E-state index in [9.17, 15) is 13.2 Å². The monoisotopic (exact) mass is 431 g/mol. The van der Waals surface area contributed by atoms with Crippen LogP contribution < -0.4 is 4.31 Å². The third kappa shape index (κ3) is 4.66. The average molecular weight is 432 g/mol. The van der Waals surface area contributed by atoms with Gasteiger partial charge in [0.25, 0.3) is 0 Å². The summed E-state index contributed by atoms with van der Waals surface area (Å²) in [7, 11) is -0.391. The molecule has 1 aliphatic heterocycles. The molecule has 0 aromatic heterocycles. The Kier molecular flexibility index (Phi) is 6.80. The first-order valence-electron chi connectivity index (χ1n) is 9.96. The van der Waals surface area contributed by atoms with Crippen LogP contribution in [-0.2, 0) is 21.5 Å². The van der Waals surface area contributed by atoms with Crippen molar-refractivity contribution in [1.29, 1.82) is 0 Å². The van der Waals surface area contributed by atoms with Gasteiger partial charge in [0.2, 0.25) is 0 Å². The Balaban J connectivity index is 1.92. The zero-order valence-corrected chi connectivity index (χ0v) is 18.7. The second-order valence-electron chi connectivity index (χ2n) is 7.72. The third-order valence-electron chi connectivity index (χ3n) is 5.68. The zero-order valence-electron chi connectivity index (χ0n) is 17.9. The highest BCUT2D eigenvalue weighted by Crippen LogP contribution is 2.26. The van der Waals surface area contributed by atoms with E-state index in [-0.39, 0.29) is 18.6 Å². The van der Waals surface area contributed by atoms with Gasteiger partial charge in [-0.25, -0.2) is 4.79 Å². The minimum atomic E-state index is -3.75. The molecule has 8 heteroatoms. The topological polar surface area (TPSA) is 70.2 Å². The quantitative estimate of drug-likeness (QED) is 0.658. The van der Waals surface area contributed by atoms with E-state index in [1.165, 1.54) is 11.4 Å². The van der Waals surface area contributed by atoms with Crippen molar-refractivity contribution in [2.75, 3.05) is 31.6 Å². The van der Waals surface area contributed by atoms with Crippen molar-refractivity contribution in [3.05, 3.63) is 65.7 Å². The molecule has 30 heavy (non-hydrogen) atoms. The molecular weight excluding hydrogens is 402 g/mol. The van der Waals surface area contributed by atoms with Crippen LogP contribution in [0, 0.1) is 0 Å². The summed E-state index contributed by atoms with van der Waals surface area (Å²) in [5.41, 5.74) is 1.82. The van der Waals surface area contributed by atoms with E-state index >= 15 is 0 Å². The summed E-state index contributed by atoms with van der Waals surface area (Å²) in [6.07, 6.45) is 0. The molecule has 1 heterocycles. The van der Waals surface area contributed by atoms with E-state index in [2.05, 4.69) is 4.90 Å². The van der Waals surface area contributed by atoms with Crippen molar-refractivity contribution in [1.82, 2.24) is 9.21 Å². The van der Waals surface area contributed by atoms with Gasteiger partial charge in [0, 0.05) is 25.2 Å². The van der Waals surface area contributed by atoms with Crippen LogP contribution in [0.4, 0.5) is 5.69 Å². The molecule has 0 bridgehead atoms. The highest BCUT2D eigenvalue weighted by Gasteiger charge is 2.37. The molecule has 1 saturated heterocycles. The Bertz CT molecular complexity index is 952. The van der Waals surface area contributed by atoms with Gasteiger partial charge >= 0.3 is 16.2 Å². The Hall–Kier alpha value is -2.42. The maximum absolute atomic E-state index is 13.7. The van der Waals surface area contributed by atoms with Crippen LogP contribution in [0.5, 0.6) is 0 Å². The largest absolute Gasteiger partial charge is 0.465 e. The first-order valence-corrected chi connectivity index (χ1v) is 11.4. The lowest BCUT2D eigenvalue weighted by Gasteiger charge is -2.43. The van der Waals surface area contributed by atoms with Crippen LogP contribution in [0.2, 0.25) is 0 Å². The minimum Gasteiger partial charge on any atom is -0.465 e. The van der Waals surface area contributed by atoms with Gasteiger partial charge in [-0.05, 0) is 50.7 Å². The highest BCUT2D eigenvalue weighted by atomic mass is 32.2. The first-order chi connectivity index (χ1) is 14.2. The summed E-state index contributed by atoms with van der Waals surface area (Å²) in [6, 6.07) is 16.2. The van der Waals surface area contributed by atoms with Crippen LogP contribution in [0.1, 0.15) is 29.8 Å². The number of nitrogens with zero attached hydrogens (tertiary/aromatic N) is 3. The van der Waals surface area contributed by atoms with Gasteiger partial charge in [0.15, 0.2) is 0 Å². The number of hydrogen-bond acceptors (Lipinski definition) is 5. The Labute approximate surface area is 179 Å². The number of hydrogen-bond donors (Lipinski definition) is 0. The van der Waals surface area contributed by atoms with Crippen LogP contribution in [-0.4, -0.2) is 62.9 Å². The number of para-hydroxylation sites is 1. The number of rotatable bonds is 6. The third-order valence-corrected chi connectivity index (χ3v) is 7.52. The second-order valence-corrected chi connectivity index (χ2v) is 9.57. The number of piperazine rings is 1. The van der Waals surface area contributed by atoms with Crippen molar-refractivity contribution in [2.24, 2.45) is 0 Å². The summed E-state index contributed by atoms with van der Waals surface area (Å²) < 4.78 is 35.1. The number of benzene rings is 2. The van der Waals surface area contributed by atoms with Crippen LogP contribution in [0.3, 0.4) is 0 Å². The fourth-order valence-electron chi connectivity index (χ4n) is 3.61. The van der Waals surface area contributed by atoms with E-state index in [4.69, 9.17) is 4.74 Å². The zero-order chi connectivity index (χ0) is 21.9. The summed E-state index contributed by atoms with van der Waals surface area (Å²) in [6.45, 7) is 5.12. The smallest absolute Gasteiger partial charge is 0.337 e. The average Bonchev–Trinajstić information content (AvgIpc) is 2.75. The fraction of sp³-hybridized carbons (Fsp3) is 0.409. The van der Waals surface area contributed by atoms with Crippen molar-refractivity contribution in [2.45, 2.75) is 32.5 Å². The number of anilines is 1. The lowest BCUT2D eigenvalue weighted by atomic mass is 10.1. The van der Waals surface area contributed by atoms with E-state index in [1.807, 2.05) is 39.1 Å². The maximum Gasteiger partial charge on any atom is 0.337 e. The second kappa shape index (κ2) is 9.16. The number of carbonyl (C=O) groups excluding carboxylic acids is 1. The van der Waals surface area contributed by atoms with Gasteiger partial charge in [-0.2, -0.15) is 12.7 Å². The molecule has 0 saturated carbocycles. The predicted molar refractivity (Wildman–Crippen MR) is 118 cm³/mol. The number of likely N-dealkylation sites (N-methyl/N-ethyl adjacent to an activating group) is 1. The molecule has 2 atom stereocenters. The lowest BCUT2D eigenvalue weighted by molar-refractivity contribution is 0.0600. The van der Waals surface area contributed by atoms with Crippen LogP contribution in [0.15, 0.2) is 54.6 Å². The molecule has 0 amide bonds. The van der Waals surface area contributed by atoms with Crippen molar-refractivity contribution >= 4 is 21.9 Å². The van der Waals surface area contributed by atoms with Gasteiger partial charge in [-0.15, -0.1) is 0 Å². The number of ether oxygens (including phenoxy) is 1. The summed E-state index contributed by atoms with van der Waals surface area (Å²) in [5, 5.41) is 0. The molecule has 2 aromatic rings. The Morgan fingerprint density at radius 1 is 1.03 bits per heavy atom. The van der Waals surface area contributed by atoms with Crippen LogP contribution in [0.25, 0.3) is 0 Å². The van der Waals surface area contributed by atoms with Gasteiger partial charge in [-0.3, -0.25) is 9.21 Å². The molecule has 0 aliphatic carbocycles. The molecule has 0 spiro atoms. The van der Waals surface area contributed by atoms with E-state index < -0.39 is 16.2 Å². The summed E-state index contributed by atoms with van der Waals surface area (Å²) in [5.74, 6) is -0.422. The van der Waals surface area contributed by atoms with Crippen molar-refractivity contribution in [3.8, 4) is 0 Å². The lowest BCUT2D eigenvalue weighted by Crippen LogP contribution is -2.59. The minimum absolute atomic E-state index is 0.125. The normalized spacial score (nSPS) is 20.7. The molecular formula is C22H29N3O4S.